The molecule has 0 radical (unpaired) electrons. The zero-order valence-corrected chi connectivity index (χ0v) is 10.7. The number of hydrogen-bond donors (Lipinski definition) is 2. The molecule has 0 atom stereocenters. The van der Waals surface area contributed by atoms with Gasteiger partial charge in [-0.2, -0.15) is 0 Å². The number of nitrogens with one attached hydrogen (secondary N) is 2. The van der Waals surface area contributed by atoms with Gasteiger partial charge in [-0.15, -0.1) is 0 Å². The highest BCUT2D eigenvalue weighted by Crippen LogP contribution is 2.20. The van der Waals surface area contributed by atoms with E-state index in [4.69, 9.17) is 11.6 Å². The summed E-state index contributed by atoms with van der Waals surface area (Å²) in [5.41, 5.74) is 2.70. The van der Waals surface area contributed by atoms with Crippen molar-refractivity contribution in [1.82, 2.24) is 0 Å². The number of carbonyl (C=O) groups excluding carboxylic acids is 1. The molecular weight excluding hydrogens is 248 g/mol. The quantitative estimate of drug-likeness (QED) is 0.874. The molecule has 3 nitrogen and oxygen atoms in total. The highest BCUT2D eigenvalue weighted by atomic mass is 35.5. The number of halogens is 1. The first-order chi connectivity index (χ1) is 8.63. The summed E-state index contributed by atoms with van der Waals surface area (Å²) in [5.74, 6) is -0.0755. The lowest BCUT2D eigenvalue weighted by molar-refractivity contribution is -0.114. The van der Waals surface area contributed by atoms with Gasteiger partial charge in [0, 0.05) is 29.0 Å². The zero-order chi connectivity index (χ0) is 13.0. The van der Waals surface area contributed by atoms with E-state index in [1.165, 1.54) is 6.92 Å². The largest absolute Gasteiger partial charge is 0.356 e. The van der Waals surface area contributed by atoms with Gasteiger partial charge in [0.2, 0.25) is 5.91 Å². The Bertz CT molecular complexity index is 535. The third-order valence-electron chi connectivity index (χ3n) is 2.34. The third-order valence-corrected chi connectivity index (χ3v) is 2.59. The van der Waals surface area contributed by atoms with E-state index in [-0.39, 0.29) is 5.91 Å². The van der Waals surface area contributed by atoms with Gasteiger partial charge in [0.25, 0.3) is 0 Å². The van der Waals surface area contributed by atoms with Crippen molar-refractivity contribution in [3.05, 3.63) is 53.6 Å². The maximum Gasteiger partial charge on any atom is 0.221 e. The van der Waals surface area contributed by atoms with Crippen LogP contribution in [0.3, 0.4) is 0 Å². The van der Waals surface area contributed by atoms with Crippen LogP contribution < -0.4 is 10.6 Å². The molecule has 18 heavy (non-hydrogen) atoms. The van der Waals surface area contributed by atoms with E-state index in [0.717, 1.165) is 17.1 Å². The summed E-state index contributed by atoms with van der Waals surface area (Å²) in [5, 5.41) is 6.67. The Labute approximate surface area is 111 Å². The molecule has 1 amide bonds. The Hall–Kier alpha value is -2.00. The van der Waals surface area contributed by atoms with Crippen LogP contribution in [0, 0.1) is 0 Å². The van der Waals surface area contributed by atoms with Crippen molar-refractivity contribution in [2.75, 3.05) is 10.6 Å². The molecule has 0 fully saturated rings. The molecule has 0 aliphatic heterocycles. The summed E-state index contributed by atoms with van der Waals surface area (Å²) in [4.78, 5) is 10.9. The third kappa shape index (κ3) is 3.50. The van der Waals surface area contributed by atoms with Crippen LogP contribution >= 0.6 is 11.6 Å². The second-order valence-electron chi connectivity index (χ2n) is 3.89. The SMILES string of the molecule is CC(=O)Nc1ccc(Nc2ccc(Cl)cc2)cc1. The van der Waals surface area contributed by atoms with Crippen LogP contribution in [0.25, 0.3) is 0 Å². The van der Waals surface area contributed by atoms with Gasteiger partial charge in [0.05, 0.1) is 0 Å². The smallest absolute Gasteiger partial charge is 0.221 e. The molecule has 2 aromatic carbocycles. The normalized spacial score (nSPS) is 9.89. The number of hydrogen-bond acceptors (Lipinski definition) is 2. The predicted molar refractivity (Wildman–Crippen MR) is 75.5 cm³/mol. The van der Waals surface area contributed by atoms with Gasteiger partial charge in [0.1, 0.15) is 0 Å². The molecule has 0 aromatic heterocycles. The summed E-state index contributed by atoms with van der Waals surface area (Å²) >= 11 is 5.82. The molecule has 0 bridgehead atoms. The molecule has 4 heteroatoms. The first kappa shape index (κ1) is 12.5. The van der Waals surface area contributed by atoms with Crippen molar-refractivity contribution in [3.63, 3.8) is 0 Å². The first-order valence-corrected chi connectivity index (χ1v) is 5.91. The van der Waals surface area contributed by atoms with Crippen LogP contribution in [0.15, 0.2) is 48.5 Å². The van der Waals surface area contributed by atoms with E-state index in [9.17, 15) is 4.79 Å². The molecule has 0 spiro atoms. The lowest BCUT2D eigenvalue weighted by Gasteiger charge is -2.08. The Balaban J connectivity index is 2.06. The van der Waals surface area contributed by atoms with Gasteiger partial charge < -0.3 is 10.6 Å². The first-order valence-electron chi connectivity index (χ1n) is 5.54. The molecule has 0 aliphatic rings. The average Bonchev–Trinajstić information content (AvgIpc) is 2.34. The molecule has 0 saturated carbocycles. The van der Waals surface area contributed by atoms with E-state index in [2.05, 4.69) is 10.6 Å². The highest BCUT2D eigenvalue weighted by molar-refractivity contribution is 6.30. The number of benzene rings is 2. The van der Waals surface area contributed by atoms with Crippen LogP contribution in [0.4, 0.5) is 17.1 Å². The second kappa shape index (κ2) is 5.56. The number of carbonyl (C=O) groups is 1. The monoisotopic (exact) mass is 260 g/mol. The van der Waals surface area contributed by atoms with Crippen LogP contribution in [0.1, 0.15) is 6.92 Å². The summed E-state index contributed by atoms with van der Waals surface area (Å²) in [6.45, 7) is 1.49. The van der Waals surface area contributed by atoms with Crippen molar-refractivity contribution in [2.45, 2.75) is 6.92 Å². The number of amides is 1. The molecule has 2 N–H and O–H groups in total. The van der Waals surface area contributed by atoms with Crippen LogP contribution in [-0.2, 0) is 4.79 Å². The van der Waals surface area contributed by atoms with E-state index < -0.39 is 0 Å². The number of anilines is 3. The topological polar surface area (TPSA) is 41.1 Å². The highest BCUT2D eigenvalue weighted by Gasteiger charge is 1.97. The fourth-order valence-corrected chi connectivity index (χ4v) is 1.67. The molecule has 92 valence electrons. The van der Waals surface area contributed by atoms with Gasteiger partial charge in [-0.05, 0) is 48.5 Å². The molecule has 0 heterocycles. The van der Waals surface area contributed by atoms with Crippen LogP contribution in [0.2, 0.25) is 5.02 Å². The van der Waals surface area contributed by atoms with E-state index >= 15 is 0 Å². The molecular formula is C14H13ClN2O. The van der Waals surface area contributed by atoms with Crippen LogP contribution in [-0.4, -0.2) is 5.91 Å². The van der Waals surface area contributed by atoms with Gasteiger partial charge >= 0.3 is 0 Å². The molecule has 2 aromatic rings. The van der Waals surface area contributed by atoms with Gasteiger partial charge in [0.15, 0.2) is 0 Å². The van der Waals surface area contributed by atoms with Crippen molar-refractivity contribution >= 4 is 34.6 Å². The molecule has 0 unspecified atom stereocenters. The molecule has 0 aliphatic carbocycles. The lowest BCUT2D eigenvalue weighted by atomic mass is 10.2. The van der Waals surface area contributed by atoms with E-state index in [0.29, 0.717) is 5.02 Å². The Kier molecular flexibility index (Phi) is 3.85. The summed E-state index contributed by atoms with van der Waals surface area (Å²) in [6, 6.07) is 15.0. The van der Waals surface area contributed by atoms with Crippen molar-refractivity contribution in [3.8, 4) is 0 Å². The van der Waals surface area contributed by atoms with Crippen LogP contribution in [0.5, 0.6) is 0 Å². The van der Waals surface area contributed by atoms with E-state index in [1.54, 1.807) is 0 Å². The fourth-order valence-electron chi connectivity index (χ4n) is 1.54. The summed E-state index contributed by atoms with van der Waals surface area (Å²) in [7, 11) is 0. The predicted octanol–water partition coefficient (Wildman–Crippen LogP) is 4.04. The minimum absolute atomic E-state index is 0.0755. The second-order valence-corrected chi connectivity index (χ2v) is 4.33. The maximum absolute atomic E-state index is 10.9. The molecule has 2 rings (SSSR count). The Morgan fingerprint density at radius 2 is 1.33 bits per heavy atom. The van der Waals surface area contributed by atoms with Crippen molar-refractivity contribution in [2.24, 2.45) is 0 Å². The van der Waals surface area contributed by atoms with Crippen molar-refractivity contribution < 1.29 is 4.79 Å². The Morgan fingerprint density at radius 1 is 0.889 bits per heavy atom. The van der Waals surface area contributed by atoms with E-state index in [1.807, 2.05) is 48.5 Å². The van der Waals surface area contributed by atoms with Gasteiger partial charge in [-0.25, -0.2) is 0 Å². The Morgan fingerprint density at radius 3 is 1.83 bits per heavy atom. The zero-order valence-electron chi connectivity index (χ0n) is 9.91. The van der Waals surface area contributed by atoms with Gasteiger partial charge in [-0.1, -0.05) is 11.6 Å². The minimum atomic E-state index is -0.0755. The number of rotatable bonds is 3. The lowest BCUT2D eigenvalue weighted by Crippen LogP contribution is -2.05. The molecule has 0 saturated heterocycles. The van der Waals surface area contributed by atoms with Crippen molar-refractivity contribution in [1.29, 1.82) is 0 Å². The summed E-state index contributed by atoms with van der Waals surface area (Å²) in [6.07, 6.45) is 0. The average molecular weight is 261 g/mol. The summed E-state index contributed by atoms with van der Waals surface area (Å²) < 4.78 is 0. The fraction of sp³-hybridized carbons (Fsp3) is 0.0714. The minimum Gasteiger partial charge on any atom is -0.356 e. The maximum atomic E-state index is 10.9. The van der Waals surface area contributed by atoms with Gasteiger partial charge in [-0.3, -0.25) is 4.79 Å². The standard InChI is InChI=1S/C14H13ClN2O/c1-10(18)16-12-6-8-14(9-7-12)17-13-4-2-11(15)3-5-13/h2-9,17H,1H3,(H,16,18).